The average Bonchev–Trinajstić information content (AvgIpc) is 2.55. The van der Waals surface area contributed by atoms with Gasteiger partial charge in [0.05, 0.1) is 12.2 Å². The summed E-state index contributed by atoms with van der Waals surface area (Å²) in [5, 5.41) is 10.9. The van der Waals surface area contributed by atoms with Crippen LogP contribution in [-0.4, -0.2) is 28.1 Å². The number of hydrogen-bond acceptors (Lipinski definition) is 4. The minimum absolute atomic E-state index is 0. The molecular formula is C6H13Cl2N5. The van der Waals surface area contributed by atoms with Crippen LogP contribution in [0.5, 0.6) is 0 Å². The van der Waals surface area contributed by atoms with Crippen LogP contribution in [0.25, 0.3) is 0 Å². The van der Waals surface area contributed by atoms with Crippen molar-refractivity contribution in [1.29, 1.82) is 0 Å². The van der Waals surface area contributed by atoms with E-state index < -0.39 is 0 Å². The van der Waals surface area contributed by atoms with Gasteiger partial charge >= 0.3 is 0 Å². The Hall–Kier alpha value is -0.520. The minimum Gasteiger partial charge on any atom is -0.381 e. The molecule has 0 bridgehead atoms. The molecule has 3 N–H and O–H groups in total. The Morgan fingerprint density at radius 3 is 2.77 bits per heavy atom. The minimum atomic E-state index is 0. The lowest BCUT2D eigenvalue weighted by Crippen LogP contribution is -2.13. The number of rotatable bonds is 1. The van der Waals surface area contributed by atoms with Crippen molar-refractivity contribution in [2.75, 3.05) is 18.8 Å². The summed E-state index contributed by atoms with van der Waals surface area (Å²) in [4.78, 5) is 0. The van der Waals surface area contributed by atoms with Crippen molar-refractivity contribution < 1.29 is 0 Å². The van der Waals surface area contributed by atoms with Crippen LogP contribution in [0.3, 0.4) is 0 Å². The molecule has 2 heterocycles. The van der Waals surface area contributed by atoms with Crippen LogP contribution in [0.2, 0.25) is 0 Å². The van der Waals surface area contributed by atoms with Gasteiger partial charge in [-0.25, -0.2) is 4.68 Å². The van der Waals surface area contributed by atoms with Crippen molar-refractivity contribution in [1.82, 2.24) is 20.3 Å². The van der Waals surface area contributed by atoms with Crippen molar-refractivity contribution in [2.45, 2.75) is 12.5 Å². The third-order valence-corrected chi connectivity index (χ3v) is 1.94. The predicted octanol–water partition coefficient (Wildman–Crippen LogP) is 0.238. The molecule has 1 saturated heterocycles. The molecule has 0 saturated carbocycles. The number of nitrogens with zero attached hydrogens (tertiary/aromatic N) is 3. The van der Waals surface area contributed by atoms with E-state index in [1.165, 1.54) is 0 Å². The smallest absolute Gasteiger partial charge is 0.165 e. The normalized spacial score (nSPS) is 20.5. The summed E-state index contributed by atoms with van der Waals surface area (Å²) < 4.78 is 1.83. The van der Waals surface area contributed by atoms with Crippen LogP contribution >= 0.6 is 24.8 Å². The Kier molecular flexibility index (Phi) is 5.05. The van der Waals surface area contributed by atoms with Gasteiger partial charge in [-0.15, -0.1) is 29.9 Å². The van der Waals surface area contributed by atoms with Gasteiger partial charge in [-0.05, 0) is 13.0 Å². The van der Waals surface area contributed by atoms with Gasteiger partial charge in [-0.1, -0.05) is 5.21 Å². The third kappa shape index (κ3) is 2.72. The van der Waals surface area contributed by atoms with E-state index in [-0.39, 0.29) is 24.8 Å². The molecule has 7 heteroatoms. The molecule has 2 rings (SSSR count). The van der Waals surface area contributed by atoms with E-state index in [1.807, 2.05) is 4.68 Å². The topological polar surface area (TPSA) is 68.8 Å². The van der Waals surface area contributed by atoms with Gasteiger partial charge in [0, 0.05) is 6.54 Å². The molecule has 13 heavy (non-hydrogen) atoms. The number of anilines is 1. The molecule has 0 radical (unpaired) electrons. The van der Waals surface area contributed by atoms with Crippen molar-refractivity contribution in [3.63, 3.8) is 0 Å². The zero-order valence-corrected chi connectivity index (χ0v) is 8.64. The Bertz CT molecular complexity index is 245. The van der Waals surface area contributed by atoms with Crippen LogP contribution in [-0.2, 0) is 0 Å². The Morgan fingerprint density at radius 2 is 2.31 bits per heavy atom. The number of nitrogen functional groups attached to an aromatic ring is 1. The highest BCUT2D eigenvalue weighted by molar-refractivity contribution is 5.85. The van der Waals surface area contributed by atoms with Crippen molar-refractivity contribution >= 4 is 30.6 Å². The molecule has 76 valence electrons. The van der Waals surface area contributed by atoms with E-state index in [1.54, 1.807) is 6.20 Å². The lowest BCUT2D eigenvalue weighted by molar-refractivity contribution is 0.476. The maximum absolute atomic E-state index is 5.43. The Balaban J connectivity index is 0.000000720. The summed E-state index contributed by atoms with van der Waals surface area (Å²) in [6, 6.07) is 0.444. The summed E-state index contributed by atoms with van der Waals surface area (Å²) in [6.45, 7) is 2.03. The first kappa shape index (κ1) is 12.5. The maximum Gasteiger partial charge on any atom is 0.165 e. The largest absolute Gasteiger partial charge is 0.381 e. The molecule has 0 amide bonds. The Labute approximate surface area is 88.9 Å². The fraction of sp³-hybridized carbons (Fsp3) is 0.667. The number of aromatic nitrogens is 3. The second-order valence-corrected chi connectivity index (χ2v) is 2.77. The van der Waals surface area contributed by atoms with E-state index in [2.05, 4.69) is 15.6 Å². The zero-order valence-electron chi connectivity index (χ0n) is 7.01. The van der Waals surface area contributed by atoms with Crippen molar-refractivity contribution in [2.24, 2.45) is 0 Å². The van der Waals surface area contributed by atoms with Crippen molar-refractivity contribution in [3.05, 3.63) is 6.20 Å². The number of hydrogen-bond donors (Lipinski definition) is 2. The van der Waals surface area contributed by atoms with E-state index in [0.29, 0.717) is 11.9 Å². The molecule has 5 nitrogen and oxygen atoms in total. The van der Waals surface area contributed by atoms with E-state index in [0.717, 1.165) is 19.5 Å². The molecule has 1 aromatic heterocycles. The number of nitrogens with two attached hydrogens (primary N) is 1. The maximum atomic E-state index is 5.43. The first-order valence-electron chi connectivity index (χ1n) is 3.74. The van der Waals surface area contributed by atoms with E-state index in [9.17, 15) is 0 Å². The summed E-state index contributed by atoms with van der Waals surface area (Å²) in [6.07, 6.45) is 2.89. The van der Waals surface area contributed by atoms with Crippen LogP contribution in [0.1, 0.15) is 12.5 Å². The fourth-order valence-electron chi connectivity index (χ4n) is 1.33. The fourth-order valence-corrected chi connectivity index (χ4v) is 1.33. The van der Waals surface area contributed by atoms with Gasteiger partial charge < -0.3 is 11.1 Å². The van der Waals surface area contributed by atoms with Gasteiger partial charge in [-0.2, -0.15) is 0 Å². The standard InChI is InChI=1S/C6H11N5.2ClH/c7-6-4-11(10-9-6)5-1-2-8-3-5;;/h4-5,8H,1-3,7H2;2*1H. The monoisotopic (exact) mass is 225 g/mol. The SMILES string of the molecule is Cl.Cl.Nc1cn(C2CCNC2)nn1. The third-order valence-electron chi connectivity index (χ3n) is 1.94. The molecule has 1 fully saturated rings. The molecule has 1 atom stereocenters. The van der Waals surface area contributed by atoms with Gasteiger partial charge in [0.1, 0.15) is 0 Å². The second-order valence-electron chi connectivity index (χ2n) is 2.77. The van der Waals surface area contributed by atoms with E-state index in [4.69, 9.17) is 5.73 Å². The lowest BCUT2D eigenvalue weighted by atomic mass is 10.3. The summed E-state index contributed by atoms with van der Waals surface area (Å²) in [5.41, 5.74) is 5.43. The summed E-state index contributed by atoms with van der Waals surface area (Å²) in [7, 11) is 0. The van der Waals surface area contributed by atoms with Crippen molar-refractivity contribution in [3.8, 4) is 0 Å². The summed E-state index contributed by atoms with van der Waals surface area (Å²) >= 11 is 0. The van der Waals surface area contributed by atoms with Gasteiger partial charge in [0.2, 0.25) is 0 Å². The second kappa shape index (κ2) is 5.26. The van der Waals surface area contributed by atoms with Crippen LogP contribution < -0.4 is 11.1 Å². The van der Waals surface area contributed by atoms with Gasteiger partial charge in [0.15, 0.2) is 5.82 Å². The molecule has 1 unspecified atom stereocenters. The Morgan fingerprint density at radius 1 is 1.54 bits per heavy atom. The van der Waals surface area contributed by atoms with Gasteiger partial charge in [0.25, 0.3) is 0 Å². The quantitative estimate of drug-likeness (QED) is 0.719. The highest BCUT2D eigenvalue weighted by Crippen LogP contribution is 2.13. The highest BCUT2D eigenvalue weighted by Gasteiger charge is 2.16. The first-order chi connectivity index (χ1) is 5.36. The molecule has 0 aromatic carbocycles. The zero-order chi connectivity index (χ0) is 7.68. The van der Waals surface area contributed by atoms with E-state index >= 15 is 0 Å². The van der Waals surface area contributed by atoms with Crippen LogP contribution in [0.4, 0.5) is 5.82 Å². The predicted molar refractivity (Wildman–Crippen MR) is 55.5 cm³/mol. The summed E-state index contributed by atoms with van der Waals surface area (Å²) in [5.74, 6) is 0.497. The molecule has 1 aromatic rings. The molecule has 1 aliphatic rings. The highest BCUT2D eigenvalue weighted by atomic mass is 35.5. The van der Waals surface area contributed by atoms with Gasteiger partial charge in [-0.3, -0.25) is 0 Å². The lowest BCUT2D eigenvalue weighted by Gasteiger charge is -2.05. The van der Waals surface area contributed by atoms with Crippen LogP contribution in [0.15, 0.2) is 6.20 Å². The number of halogens is 2. The molecule has 0 spiro atoms. The average molecular weight is 226 g/mol. The molecule has 1 aliphatic heterocycles. The van der Waals surface area contributed by atoms with Crippen LogP contribution in [0, 0.1) is 0 Å². The number of nitrogens with one attached hydrogen (secondary N) is 1. The molecular weight excluding hydrogens is 213 g/mol. The molecule has 0 aliphatic carbocycles. The first-order valence-corrected chi connectivity index (χ1v) is 3.74.